The zero-order valence-corrected chi connectivity index (χ0v) is 24.4. The summed E-state index contributed by atoms with van der Waals surface area (Å²) < 4.78 is 5.47. The summed E-state index contributed by atoms with van der Waals surface area (Å²) in [4.78, 5) is 73.3. The topological polar surface area (TPSA) is 101 Å². The second kappa shape index (κ2) is 8.96. The Morgan fingerprint density at radius 1 is 0.732 bits per heavy atom. The Hall–Kier alpha value is -4.07. The van der Waals surface area contributed by atoms with E-state index in [2.05, 4.69) is 0 Å². The number of amides is 4. The minimum Gasteiger partial charge on any atom is -0.463 e. The van der Waals surface area contributed by atoms with Crippen molar-refractivity contribution in [2.24, 2.45) is 35.0 Å². The molecule has 2 heterocycles. The first-order valence-electron chi connectivity index (χ1n) is 14.1. The lowest BCUT2D eigenvalue weighted by molar-refractivity contribution is -0.155. The van der Waals surface area contributed by atoms with Gasteiger partial charge in [0.05, 0.1) is 41.7 Å². The molecule has 0 N–H and O–H groups in total. The molecule has 8 heteroatoms. The Morgan fingerprint density at radius 3 is 1.59 bits per heavy atom. The first-order valence-corrected chi connectivity index (χ1v) is 14.1. The fourth-order valence-electron chi connectivity index (χ4n) is 8.20. The number of aryl methyl sites for hydroxylation is 4. The number of hydrogen-bond acceptors (Lipinski definition) is 6. The van der Waals surface area contributed by atoms with E-state index >= 15 is 0 Å². The van der Waals surface area contributed by atoms with Gasteiger partial charge in [-0.05, 0) is 75.9 Å². The SMILES string of the molecule is CCOC(=O)C1=C(C)C2[C@H]3C(=O)N(c4cc(C)ccc4C)C(=O)[C@H]3C1(C)[C@H]1C(=O)N(c3cc(C)ccc3C)C(=O)[C@H]21. The van der Waals surface area contributed by atoms with Crippen LogP contribution in [0.4, 0.5) is 11.4 Å². The maximum atomic E-state index is 14.4. The molecular weight excluding hydrogens is 520 g/mol. The number of ether oxygens (including phenoxy) is 1. The molecule has 4 amide bonds. The van der Waals surface area contributed by atoms with Crippen molar-refractivity contribution in [2.75, 3.05) is 16.4 Å². The summed E-state index contributed by atoms with van der Waals surface area (Å²) in [6, 6.07) is 11.2. The normalized spacial score (nSPS) is 30.4. The van der Waals surface area contributed by atoms with Crippen molar-refractivity contribution in [1.82, 2.24) is 0 Å². The molecule has 41 heavy (non-hydrogen) atoms. The second-order valence-electron chi connectivity index (χ2n) is 12.2. The molecule has 212 valence electrons. The number of carbonyl (C=O) groups excluding carboxylic acids is 5. The number of rotatable bonds is 4. The average molecular weight is 555 g/mol. The van der Waals surface area contributed by atoms with Crippen molar-refractivity contribution in [3.63, 3.8) is 0 Å². The third-order valence-corrected chi connectivity index (χ3v) is 9.89. The number of esters is 1. The van der Waals surface area contributed by atoms with Gasteiger partial charge in [0.15, 0.2) is 0 Å². The molecule has 3 aliphatic carbocycles. The van der Waals surface area contributed by atoms with Crippen molar-refractivity contribution in [3.8, 4) is 0 Å². The minimum absolute atomic E-state index is 0.113. The summed E-state index contributed by atoms with van der Waals surface area (Å²) in [6.45, 7) is 12.7. The van der Waals surface area contributed by atoms with E-state index in [1.807, 2.05) is 52.0 Å². The lowest BCUT2D eigenvalue weighted by Crippen LogP contribution is -2.61. The number of carbonyl (C=O) groups is 5. The molecule has 2 aliphatic heterocycles. The van der Waals surface area contributed by atoms with Crippen LogP contribution in [-0.4, -0.2) is 36.2 Å². The van der Waals surface area contributed by atoms with Crippen LogP contribution >= 0.6 is 0 Å². The zero-order chi connectivity index (χ0) is 29.7. The van der Waals surface area contributed by atoms with E-state index in [1.165, 1.54) is 9.80 Å². The molecule has 3 fully saturated rings. The quantitative estimate of drug-likeness (QED) is 0.411. The molecule has 8 nitrogen and oxygen atoms in total. The van der Waals surface area contributed by atoms with Crippen LogP contribution in [-0.2, 0) is 28.7 Å². The van der Waals surface area contributed by atoms with Crippen LogP contribution in [0.15, 0.2) is 47.5 Å². The molecule has 1 saturated carbocycles. The van der Waals surface area contributed by atoms with E-state index < -0.39 is 64.6 Å². The number of hydrogen-bond donors (Lipinski definition) is 0. The molecule has 2 aromatic rings. The van der Waals surface area contributed by atoms with Crippen molar-refractivity contribution in [1.29, 1.82) is 0 Å². The second-order valence-corrected chi connectivity index (χ2v) is 12.2. The summed E-state index contributed by atoms with van der Waals surface area (Å²) in [5.74, 6) is -6.79. The molecule has 0 aromatic heterocycles. The Bertz CT molecular complexity index is 1520. The minimum atomic E-state index is -1.42. The predicted molar refractivity (Wildman–Crippen MR) is 152 cm³/mol. The number of anilines is 2. The summed E-state index contributed by atoms with van der Waals surface area (Å²) in [5.41, 5.74) is 3.68. The van der Waals surface area contributed by atoms with E-state index in [-0.39, 0.29) is 12.2 Å². The highest BCUT2D eigenvalue weighted by molar-refractivity contribution is 6.28. The van der Waals surface area contributed by atoms with Crippen molar-refractivity contribution in [3.05, 3.63) is 69.8 Å². The Labute approximate surface area is 239 Å². The summed E-state index contributed by atoms with van der Waals surface area (Å²) in [6.07, 6.45) is 0. The Kier molecular flexibility index (Phi) is 5.93. The highest BCUT2D eigenvalue weighted by Gasteiger charge is 2.77. The van der Waals surface area contributed by atoms with Crippen molar-refractivity contribution < 1.29 is 28.7 Å². The molecule has 7 rings (SSSR count). The lowest BCUT2D eigenvalue weighted by atomic mass is 9.43. The molecule has 2 saturated heterocycles. The maximum absolute atomic E-state index is 14.4. The van der Waals surface area contributed by atoms with Crippen LogP contribution < -0.4 is 9.80 Å². The van der Waals surface area contributed by atoms with Gasteiger partial charge < -0.3 is 4.74 Å². The first kappa shape index (κ1) is 27.1. The molecule has 0 spiro atoms. The Balaban J connectivity index is 1.57. The fourth-order valence-corrected chi connectivity index (χ4v) is 8.20. The van der Waals surface area contributed by atoms with Gasteiger partial charge in [0.25, 0.3) is 0 Å². The van der Waals surface area contributed by atoms with E-state index in [1.54, 1.807) is 32.9 Å². The van der Waals surface area contributed by atoms with Crippen LogP contribution in [0.1, 0.15) is 43.0 Å². The molecular formula is C33H34N2O6. The van der Waals surface area contributed by atoms with Gasteiger partial charge in [-0.3, -0.25) is 19.2 Å². The van der Waals surface area contributed by atoms with Gasteiger partial charge in [-0.2, -0.15) is 0 Å². The fraction of sp³-hybridized carbons (Fsp3) is 0.424. The molecule has 0 radical (unpaired) electrons. The van der Waals surface area contributed by atoms with Crippen LogP contribution in [0.5, 0.6) is 0 Å². The standard InChI is InChI=1S/C33H34N2O6/c1-8-41-32(40)25-19(6)22-23-26(30(38)34(28(23)36)20-13-15(2)9-11-17(20)4)33(25,7)27-24(22)29(37)35(31(27)39)21-14-16(3)10-12-18(21)5/h9-14,22-24,26-27H,8H2,1-7H3/t22?,23-,24-,26-,27+,33?/m1/s1. The largest absolute Gasteiger partial charge is 0.463 e. The zero-order valence-electron chi connectivity index (χ0n) is 24.4. The molecule has 6 atom stereocenters. The van der Waals surface area contributed by atoms with E-state index in [9.17, 15) is 24.0 Å². The van der Waals surface area contributed by atoms with Gasteiger partial charge in [-0.25, -0.2) is 14.6 Å². The summed E-state index contributed by atoms with van der Waals surface area (Å²) in [5, 5.41) is 0. The lowest BCUT2D eigenvalue weighted by Gasteiger charge is -2.55. The third kappa shape index (κ3) is 3.36. The van der Waals surface area contributed by atoms with Crippen LogP contribution in [0.25, 0.3) is 0 Å². The van der Waals surface area contributed by atoms with Gasteiger partial charge in [0, 0.05) is 16.9 Å². The van der Waals surface area contributed by atoms with Gasteiger partial charge >= 0.3 is 5.97 Å². The van der Waals surface area contributed by atoms with Gasteiger partial charge in [-0.15, -0.1) is 0 Å². The monoisotopic (exact) mass is 554 g/mol. The number of imide groups is 2. The molecule has 2 aromatic carbocycles. The van der Waals surface area contributed by atoms with Crippen LogP contribution in [0.3, 0.4) is 0 Å². The van der Waals surface area contributed by atoms with E-state index in [0.717, 1.165) is 22.3 Å². The van der Waals surface area contributed by atoms with Gasteiger partial charge in [0.2, 0.25) is 23.6 Å². The molecule has 5 aliphatic rings. The van der Waals surface area contributed by atoms with Crippen LogP contribution in [0, 0.1) is 62.7 Å². The van der Waals surface area contributed by atoms with E-state index in [4.69, 9.17) is 4.74 Å². The first-order chi connectivity index (χ1) is 19.4. The average Bonchev–Trinajstić information content (AvgIpc) is 3.33. The van der Waals surface area contributed by atoms with Crippen molar-refractivity contribution in [2.45, 2.75) is 48.5 Å². The molecule has 2 unspecified atom stereocenters. The third-order valence-electron chi connectivity index (χ3n) is 9.89. The van der Waals surface area contributed by atoms with Crippen molar-refractivity contribution >= 4 is 41.0 Å². The maximum Gasteiger partial charge on any atom is 0.334 e. The number of allylic oxidation sites excluding steroid dienone is 1. The highest BCUT2D eigenvalue weighted by atomic mass is 16.5. The Morgan fingerprint density at radius 2 is 1.17 bits per heavy atom. The summed E-state index contributed by atoms with van der Waals surface area (Å²) >= 11 is 0. The highest BCUT2D eigenvalue weighted by Crippen LogP contribution is 2.69. The van der Waals surface area contributed by atoms with Gasteiger partial charge in [0.1, 0.15) is 0 Å². The van der Waals surface area contributed by atoms with Gasteiger partial charge in [-0.1, -0.05) is 36.8 Å². The summed E-state index contributed by atoms with van der Waals surface area (Å²) in [7, 11) is 0. The van der Waals surface area contributed by atoms with Crippen LogP contribution in [0.2, 0.25) is 0 Å². The molecule has 2 bridgehead atoms. The predicted octanol–water partition coefficient (Wildman–Crippen LogP) is 4.36. The number of benzene rings is 2. The smallest absolute Gasteiger partial charge is 0.334 e. The van der Waals surface area contributed by atoms with E-state index in [0.29, 0.717) is 16.9 Å². The number of nitrogens with zero attached hydrogens (tertiary/aromatic N) is 2.